The predicted molar refractivity (Wildman–Crippen MR) is 83.6 cm³/mol. The minimum absolute atomic E-state index is 0.225. The van der Waals surface area contributed by atoms with E-state index in [1.807, 2.05) is 37.9 Å². The van der Waals surface area contributed by atoms with Crippen molar-refractivity contribution in [1.29, 1.82) is 0 Å². The van der Waals surface area contributed by atoms with Gasteiger partial charge in [-0.15, -0.1) is 0 Å². The minimum Gasteiger partial charge on any atom is -0.387 e. The van der Waals surface area contributed by atoms with Crippen LogP contribution in [0.5, 0.6) is 0 Å². The topological polar surface area (TPSA) is 23.5 Å². The van der Waals surface area contributed by atoms with Gasteiger partial charge in [-0.3, -0.25) is 4.90 Å². The summed E-state index contributed by atoms with van der Waals surface area (Å²) in [6, 6.07) is 12.6. The van der Waals surface area contributed by atoms with Crippen molar-refractivity contribution in [2.45, 2.75) is 26.5 Å². The summed E-state index contributed by atoms with van der Waals surface area (Å²) in [5.41, 5.74) is 4.30. The Bertz CT molecular complexity index is 595. The second-order valence-electron chi connectivity index (χ2n) is 5.70. The van der Waals surface area contributed by atoms with Crippen LogP contribution in [0.25, 0.3) is 0 Å². The monoisotopic (exact) mass is 287 g/mol. The molecule has 0 aliphatic rings. The zero-order valence-corrected chi connectivity index (χ0v) is 12.8. The Labute approximate surface area is 125 Å². The molecule has 3 heteroatoms. The summed E-state index contributed by atoms with van der Waals surface area (Å²) in [4.78, 5) is 2.04. The first kappa shape index (κ1) is 15.7. The third-order valence-electron chi connectivity index (χ3n) is 3.63. The summed E-state index contributed by atoms with van der Waals surface area (Å²) in [6.45, 7) is 5.29. The average Bonchev–Trinajstić information content (AvgIpc) is 2.41. The quantitative estimate of drug-likeness (QED) is 0.908. The average molecular weight is 287 g/mol. The molecule has 0 aliphatic heterocycles. The van der Waals surface area contributed by atoms with Crippen LogP contribution < -0.4 is 0 Å². The van der Waals surface area contributed by atoms with Crippen LogP contribution in [-0.4, -0.2) is 23.6 Å². The maximum Gasteiger partial charge on any atom is 0.123 e. The highest BCUT2D eigenvalue weighted by Gasteiger charge is 2.13. The molecule has 2 rings (SSSR count). The van der Waals surface area contributed by atoms with Gasteiger partial charge >= 0.3 is 0 Å². The number of likely N-dealkylation sites (N-methyl/N-ethyl adjacent to an activating group) is 1. The molecule has 0 bridgehead atoms. The number of hydrogen-bond acceptors (Lipinski definition) is 2. The number of halogens is 1. The van der Waals surface area contributed by atoms with Crippen molar-refractivity contribution in [1.82, 2.24) is 4.90 Å². The molecular formula is C18H22FNO. The van der Waals surface area contributed by atoms with Crippen LogP contribution in [0, 0.1) is 19.7 Å². The Morgan fingerprint density at radius 1 is 1.10 bits per heavy atom. The molecule has 2 aromatic rings. The van der Waals surface area contributed by atoms with Crippen molar-refractivity contribution in [2.24, 2.45) is 0 Å². The lowest BCUT2D eigenvalue weighted by molar-refractivity contribution is 0.123. The molecule has 2 aromatic carbocycles. The van der Waals surface area contributed by atoms with E-state index in [1.54, 1.807) is 12.1 Å². The van der Waals surface area contributed by atoms with Crippen molar-refractivity contribution in [3.63, 3.8) is 0 Å². The van der Waals surface area contributed by atoms with E-state index < -0.39 is 6.10 Å². The first-order chi connectivity index (χ1) is 9.95. The Morgan fingerprint density at radius 2 is 1.76 bits per heavy atom. The number of aliphatic hydroxyl groups is 1. The van der Waals surface area contributed by atoms with Crippen molar-refractivity contribution < 1.29 is 9.50 Å². The second kappa shape index (κ2) is 6.83. The molecule has 112 valence electrons. The fourth-order valence-electron chi connectivity index (χ4n) is 2.56. The van der Waals surface area contributed by atoms with Gasteiger partial charge in [0.1, 0.15) is 5.82 Å². The molecule has 2 nitrogen and oxygen atoms in total. The second-order valence-corrected chi connectivity index (χ2v) is 5.70. The minimum atomic E-state index is -0.518. The molecule has 21 heavy (non-hydrogen) atoms. The third kappa shape index (κ3) is 4.38. The fraction of sp³-hybridized carbons (Fsp3) is 0.333. The summed E-state index contributed by atoms with van der Waals surface area (Å²) in [5, 5.41) is 10.4. The van der Waals surface area contributed by atoms with E-state index in [0.717, 1.165) is 16.7 Å². The van der Waals surface area contributed by atoms with Crippen LogP contribution in [-0.2, 0) is 6.54 Å². The Kier molecular flexibility index (Phi) is 5.10. The van der Waals surface area contributed by atoms with Crippen LogP contribution in [0.3, 0.4) is 0 Å². The van der Waals surface area contributed by atoms with Crippen molar-refractivity contribution in [3.8, 4) is 0 Å². The van der Waals surface area contributed by atoms with Gasteiger partial charge in [-0.1, -0.05) is 35.9 Å². The van der Waals surface area contributed by atoms with Crippen LogP contribution in [0.2, 0.25) is 0 Å². The van der Waals surface area contributed by atoms with Gasteiger partial charge in [0.25, 0.3) is 0 Å². The van der Waals surface area contributed by atoms with Gasteiger partial charge in [-0.05, 0) is 49.7 Å². The van der Waals surface area contributed by atoms with E-state index in [2.05, 4.69) is 6.07 Å². The van der Waals surface area contributed by atoms with Gasteiger partial charge in [0, 0.05) is 13.1 Å². The van der Waals surface area contributed by atoms with Crippen LogP contribution >= 0.6 is 0 Å². The Morgan fingerprint density at radius 3 is 2.38 bits per heavy atom. The number of benzene rings is 2. The largest absolute Gasteiger partial charge is 0.387 e. The summed E-state index contributed by atoms with van der Waals surface area (Å²) in [6.07, 6.45) is -0.518. The van der Waals surface area contributed by atoms with E-state index >= 15 is 0 Å². The number of rotatable bonds is 5. The summed E-state index contributed by atoms with van der Waals surface area (Å²) >= 11 is 0. The van der Waals surface area contributed by atoms with Gasteiger partial charge in [0.05, 0.1) is 6.10 Å². The fourth-order valence-corrected chi connectivity index (χ4v) is 2.56. The molecule has 0 saturated heterocycles. The number of aliphatic hydroxyl groups excluding tert-OH is 1. The lowest BCUT2D eigenvalue weighted by Crippen LogP contribution is -2.24. The van der Waals surface area contributed by atoms with E-state index in [4.69, 9.17) is 0 Å². The molecule has 0 heterocycles. The molecular weight excluding hydrogens is 265 g/mol. The van der Waals surface area contributed by atoms with Gasteiger partial charge in [-0.25, -0.2) is 4.39 Å². The van der Waals surface area contributed by atoms with Gasteiger partial charge in [-0.2, -0.15) is 0 Å². The first-order valence-corrected chi connectivity index (χ1v) is 7.14. The smallest absolute Gasteiger partial charge is 0.123 e. The molecule has 1 N–H and O–H groups in total. The molecule has 0 amide bonds. The van der Waals surface area contributed by atoms with Crippen molar-refractivity contribution in [2.75, 3.05) is 13.6 Å². The number of nitrogens with zero attached hydrogens (tertiary/aromatic N) is 1. The summed E-state index contributed by atoms with van der Waals surface area (Å²) in [7, 11) is 1.95. The normalized spacial score (nSPS) is 12.7. The van der Waals surface area contributed by atoms with Gasteiger partial charge < -0.3 is 5.11 Å². The third-order valence-corrected chi connectivity index (χ3v) is 3.63. The molecule has 0 aromatic heterocycles. The van der Waals surface area contributed by atoms with E-state index in [-0.39, 0.29) is 5.82 Å². The molecule has 0 radical (unpaired) electrons. The standard InChI is InChI=1S/C18H22FNO/c1-13-4-9-17(14(2)10-13)18(21)12-20(3)11-15-5-7-16(19)8-6-15/h4-10,18,21H,11-12H2,1-3H3. The molecule has 0 spiro atoms. The zero-order chi connectivity index (χ0) is 15.4. The Balaban J connectivity index is 1.98. The van der Waals surface area contributed by atoms with Crippen LogP contribution in [0.4, 0.5) is 4.39 Å². The van der Waals surface area contributed by atoms with Crippen LogP contribution in [0.15, 0.2) is 42.5 Å². The van der Waals surface area contributed by atoms with Crippen molar-refractivity contribution in [3.05, 3.63) is 70.5 Å². The van der Waals surface area contributed by atoms with Crippen molar-refractivity contribution >= 4 is 0 Å². The molecule has 1 atom stereocenters. The zero-order valence-electron chi connectivity index (χ0n) is 12.8. The van der Waals surface area contributed by atoms with Crippen LogP contribution in [0.1, 0.15) is 28.4 Å². The maximum atomic E-state index is 12.9. The summed E-state index contributed by atoms with van der Waals surface area (Å²) < 4.78 is 12.9. The molecule has 0 aliphatic carbocycles. The lowest BCUT2D eigenvalue weighted by Gasteiger charge is -2.22. The first-order valence-electron chi connectivity index (χ1n) is 7.14. The summed E-state index contributed by atoms with van der Waals surface area (Å²) in [5.74, 6) is -0.225. The van der Waals surface area contributed by atoms with E-state index in [0.29, 0.717) is 13.1 Å². The lowest BCUT2D eigenvalue weighted by atomic mass is 10.0. The SMILES string of the molecule is Cc1ccc(C(O)CN(C)Cc2ccc(F)cc2)c(C)c1. The molecule has 1 unspecified atom stereocenters. The van der Waals surface area contributed by atoms with E-state index in [9.17, 15) is 9.50 Å². The van der Waals surface area contributed by atoms with Gasteiger partial charge in [0.15, 0.2) is 0 Å². The Hall–Kier alpha value is -1.71. The highest BCUT2D eigenvalue weighted by Crippen LogP contribution is 2.20. The highest BCUT2D eigenvalue weighted by atomic mass is 19.1. The van der Waals surface area contributed by atoms with Gasteiger partial charge in [0.2, 0.25) is 0 Å². The number of hydrogen-bond donors (Lipinski definition) is 1. The maximum absolute atomic E-state index is 12.9. The molecule has 0 saturated carbocycles. The predicted octanol–water partition coefficient (Wildman–Crippen LogP) is 3.61. The number of aryl methyl sites for hydroxylation is 2. The highest BCUT2D eigenvalue weighted by molar-refractivity contribution is 5.32. The van der Waals surface area contributed by atoms with E-state index in [1.165, 1.54) is 17.7 Å². The molecule has 0 fully saturated rings.